The van der Waals surface area contributed by atoms with Crippen LogP contribution in [0, 0.1) is 0 Å². The van der Waals surface area contributed by atoms with E-state index in [0.29, 0.717) is 16.9 Å². The standard InChI is InChI=1S/C28H24F4N2O7/c29-27(30)28(31,32)41-23-9-5-18(6-10-23)26(37)40-22-7-2-17(3-8-22)4-11-24(35)38-12-1-13-39-25(36)19-14-20(33)16-21(34)15-19/h2-11,14-16,27H,1,12-13,33-34H2/b11-4+. The summed E-state index contributed by atoms with van der Waals surface area (Å²) in [6.07, 6.45) is -5.76. The molecule has 0 saturated carbocycles. The number of esters is 3. The van der Waals surface area contributed by atoms with Gasteiger partial charge in [-0.3, -0.25) is 0 Å². The first-order valence-electron chi connectivity index (χ1n) is 11.9. The molecule has 0 bridgehead atoms. The number of carbonyl (C=O) groups excluding carboxylic acids is 3. The molecule has 3 aromatic carbocycles. The molecular formula is C28H24F4N2O7. The fraction of sp³-hybridized carbons (Fsp3) is 0.179. The second-order valence-corrected chi connectivity index (χ2v) is 8.33. The SMILES string of the molecule is Nc1cc(N)cc(C(=O)OCCCOC(=O)/C=C/c2ccc(OC(=O)c3ccc(OC(F)(F)C(F)F)cc3)cc2)c1. The highest BCUT2D eigenvalue weighted by Crippen LogP contribution is 2.27. The van der Waals surface area contributed by atoms with E-state index in [9.17, 15) is 31.9 Å². The highest BCUT2D eigenvalue weighted by molar-refractivity contribution is 5.92. The number of hydrogen-bond donors (Lipinski definition) is 2. The number of ether oxygens (including phenoxy) is 4. The molecule has 0 atom stereocenters. The van der Waals surface area contributed by atoms with Crippen molar-refractivity contribution in [2.75, 3.05) is 24.7 Å². The van der Waals surface area contributed by atoms with Gasteiger partial charge in [0.2, 0.25) is 0 Å². The molecule has 9 nitrogen and oxygen atoms in total. The summed E-state index contributed by atoms with van der Waals surface area (Å²) < 4.78 is 69.7. The number of nitrogens with two attached hydrogens (primary N) is 2. The van der Waals surface area contributed by atoms with Gasteiger partial charge in [0, 0.05) is 23.9 Å². The second kappa shape index (κ2) is 13.8. The molecule has 0 aliphatic carbocycles. The summed E-state index contributed by atoms with van der Waals surface area (Å²) in [6.45, 7) is 0.0173. The summed E-state index contributed by atoms with van der Waals surface area (Å²) >= 11 is 0. The van der Waals surface area contributed by atoms with Crippen molar-refractivity contribution in [1.82, 2.24) is 0 Å². The van der Waals surface area contributed by atoms with Crippen molar-refractivity contribution in [2.45, 2.75) is 19.0 Å². The van der Waals surface area contributed by atoms with Gasteiger partial charge in [-0.15, -0.1) is 0 Å². The minimum Gasteiger partial charge on any atom is -0.462 e. The van der Waals surface area contributed by atoms with E-state index in [2.05, 4.69) is 4.74 Å². The van der Waals surface area contributed by atoms with E-state index in [0.717, 1.165) is 24.3 Å². The van der Waals surface area contributed by atoms with E-state index in [4.69, 9.17) is 25.7 Å². The Hall–Kier alpha value is -5.07. The number of nitrogen functional groups attached to an aromatic ring is 2. The van der Waals surface area contributed by atoms with Crippen LogP contribution in [0.1, 0.15) is 32.7 Å². The molecule has 0 spiro atoms. The first kappa shape index (κ1) is 30.5. The normalized spacial score (nSPS) is 11.3. The molecule has 0 heterocycles. The van der Waals surface area contributed by atoms with Crippen molar-refractivity contribution < 1.29 is 50.9 Å². The van der Waals surface area contributed by atoms with E-state index < -0.39 is 36.2 Å². The first-order chi connectivity index (χ1) is 19.4. The van der Waals surface area contributed by atoms with Crippen LogP contribution in [0.15, 0.2) is 72.8 Å². The monoisotopic (exact) mass is 576 g/mol. The van der Waals surface area contributed by atoms with Crippen LogP contribution in [-0.2, 0) is 14.3 Å². The fourth-order valence-electron chi connectivity index (χ4n) is 3.16. The zero-order chi connectivity index (χ0) is 30.0. The molecule has 0 radical (unpaired) electrons. The van der Waals surface area contributed by atoms with Gasteiger partial charge >= 0.3 is 30.4 Å². The maximum absolute atomic E-state index is 13.0. The summed E-state index contributed by atoms with van der Waals surface area (Å²) in [5, 5.41) is 0. The van der Waals surface area contributed by atoms with E-state index in [1.165, 1.54) is 42.5 Å². The molecule has 0 saturated heterocycles. The summed E-state index contributed by atoms with van der Waals surface area (Å²) in [6, 6.07) is 14.4. The maximum atomic E-state index is 13.0. The first-order valence-corrected chi connectivity index (χ1v) is 11.9. The van der Waals surface area contributed by atoms with Crippen molar-refractivity contribution in [1.29, 1.82) is 0 Å². The van der Waals surface area contributed by atoms with Crippen LogP contribution < -0.4 is 20.9 Å². The number of rotatable bonds is 12. The van der Waals surface area contributed by atoms with Crippen LogP contribution in [0.3, 0.4) is 0 Å². The largest absolute Gasteiger partial charge is 0.462 e. The molecule has 4 N–H and O–H groups in total. The number of anilines is 2. The lowest BCUT2D eigenvalue weighted by molar-refractivity contribution is -0.253. The third-order valence-electron chi connectivity index (χ3n) is 5.08. The summed E-state index contributed by atoms with van der Waals surface area (Å²) in [7, 11) is 0. The molecule has 0 fully saturated rings. The van der Waals surface area contributed by atoms with Crippen LogP contribution in [-0.4, -0.2) is 43.7 Å². The van der Waals surface area contributed by atoms with Gasteiger partial charge in [-0.05, 0) is 66.2 Å². The third kappa shape index (κ3) is 9.56. The van der Waals surface area contributed by atoms with Crippen molar-refractivity contribution in [3.63, 3.8) is 0 Å². The molecule has 0 amide bonds. The Morgan fingerprint density at radius 3 is 1.98 bits per heavy atom. The number of hydrogen-bond acceptors (Lipinski definition) is 9. The summed E-state index contributed by atoms with van der Waals surface area (Å²) in [4.78, 5) is 36.2. The van der Waals surface area contributed by atoms with Gasteiger partial charge < -0.3 is 30.4 Å². The predicted molar refractivity (Wildman–Crippen MR) is 140 cm³/mol. The van der Waals surface area contributed by atoms with Gasteiger partial charge in [0.15, 0.2) is 0 Å². The van der Waals surface area contributed by atoms with Crippen LogP contribution in [0.2, 0.25) is 0 Å². The van der Waals surface area contributed by atoms with Crippen molar-refractivity contribution in [3.05, 3.63) is 89.5 Å². The Labute approximate surface area is 231 Å². The molecule has 41 heavy (non-hydrogen) atoms. The summed E-state index contributed by atoms with van der Waals surface area (Å²) in [5.41, 5.74) is 12.7. The number of alkyl halides is 4. The van der Waals surface area contributed by atoms with E-state index in [-0.39, 0.29) is 36.5 Å². The highest BCUT2D eigenvalue weighted by Gasteiger charge is 2.43. The summed E-state index contributed by atoms with van der Waals surface area (Å²) in [5.74, 6) is -2.47. The quantitative estimate of drug-likeness (QED) is 0.0752. The minimum absolute atomic E-state index is 0.00611. The lowest BCUT2D eigenvalue weighted by Crippen LogP contribution is -2.33. The van der Waals surface area contributed by atoms with Gasteiger partial charge in [0.1, 0.15) is 11.5 Å². The topological polar surface area (TPSA) is 140 Å². The molecule has 3 aromatic rings. The van der Waals surface area contributed by atoms with E-state index >= 15 is 0 Å². The predicted octanol–water partition coefficient (Wildman–Crippen LogP) is 5.11. The number of carbonyl (C=O) groups is 3. The van der Waals surface area contributed by atoms with Gasteiger partial charge in [0.25, 0.3) is 0 Å². The third-order valence-corrected chi connectivity index (χ3v) is 5.08. The van der Waals surface area contributed by atoms with Gasteiger partial charge in [-0.1, -0.05) is 12.1 Å². The Morgan fingerprint density at radius 1 is 0.780 bits per heavy atom. The Morgan fingerprint density at radius 2 is 1.37 bits per heavy atom. The molecule has 0 unspecified atom stereocenters. The van der Waals surface area contributed by atoms with E-state index in [1.807, 2.05) is 0 Å². The maximum Gasteiger partial charge on any atom is 0.461 e. The Kier molecular flexibility index (Phi) is 10.3. The van der Waals surface area contributed by atoms with Crippen molar-refractivity contribution in [3.8, 4) is 11.5 Å². The van der Waals surface area contributed by atoms with Gasteiger partial charge in [-0.25, -0.2) is 14.4 Å². The lowest BCUT2D eigenvalue weighted by Gasteiger charge is -2.16. The van der Waals surface area contributed by atoms with Crippen molar-refractivity contribution in [2.24, 2.45) is 0 Å². The van der Waals surface area contributed by atoms with Crippen LogP contribution >= 0.6 is 0 Å². The molecule has 3 rings (SSSR count). The van der Waals surface area contributed by atoms with Crippen molar-refractivity contribution >= 4 is 35.4 Å². The molecule has 0 aromatic heterocycles. The van der Waals surface area contributed by atoms with Crippen LogP contribution in [0.5, 0.6) is 11.5 Å². The Bertz CT molecular complexity index is 1380. The zero-order valence-corrected chi connectivity index (χ0v) is 21.2. The Balaban J connectivity index is 1.39. The minimum atomic E-state index is -4.67. The molecule has 0 aliphatic heterocycles. The lowest BCUT2D eigenvalue weighted by atomic mass is 10.2. The highest BCUT2D eigenvalue weighted by atomic mass is 19.3. The molecule has 216 valence electrons. The van der Waals surface area contributed by atoms with Gasteiger partial charge in [-0.2, -0.15) is 17.6 Å². The van der Waals surface area contributed by atoms with Crippen LogP contribution in [0.4, 0.5) is 28.9 Å². The van der Waals surface area contributed by atoms with Crippen LogP contribution in [0.25, 0.3) is 6.08 Å². The zero-order valence-electron chi connectivity index (χ0n) is 21.2. The number of halogens is 4. The second-order valence-electron chi connectivity index (χ2n) is 8.33. The fourth-order valence-corrected chi connectivity index (χ4v) is 3.16. The number of benzene rings is 3. The van der Waals surface area contributed by atoms with E-state index in [1.54, 1.807) is 12.1 Å². The molecule has 0 aliphatic rings. The average molecular weight is 576 g/mol. The molecule has 13 heteroatoms. The smallest absolute Gasteiger partial charge is 0.461 e. The van der Waals surface area contributed by atoms with Gasteiger partial charge in [0.05, 0.1) is 24.3 Å². The average Bonchev–Trinajstić information content (AvgIpc) is 2.92. The molecular weight excluding hydrogens is 552 g/mol.